The summed E-state index contributed by atoms with van der Waals surface area (Å²) in [5, 5.41) is 4.63. The van der Waals surface area contributed by atoms with E-state index in [1.807, 2.05) is 48.3 Å². The minimum Gasteiger partial charge on any atom is -0.397 e. The standard InChI is InChI=1S/C13H12ClN5/c1-18-13(16-8-17-18)9-6-11(15)12(7-10(9)14)19-4-2-3-5-19/h2-8H,15H2,1H3. The van der Waals surface area contributed by atoms with E-state index in [-0.39, 0.29) is 0 Å². The zero-order valence-corrected chi connectivity index (χ0v) is 11.0. The number of rotatable bonds is 2. The Labute approximate surface area is 115 Å². The zero-order chi connectivity index (χ0) is 13.4. The largest absolute Gasteiger partial charge is 0.397 e. The molecule has 0 radical (unpaired) electrons. The van der Waals surface area contributed by atoms with E-state index in [4.69, 9.17) is 17.3 Å². The second kappa shape index (κ2) is 4.44. The molecular formula is C13H12ClN5. The van der Waals surface area contributed by atoms with Crippen LogP contribution in [0.5, 0.6) is 0 Å². The maximum Gasteiger partial charge on any atom is 0.159 e. The van der Waals surface area contributed by atoms with E-state index in [0.29, 0.717) is 16.5 Å². The van der Waals surface area contributed by atoms with Crippen LogP contribution in [0.1, 0.15) is 0 Å². The van der Waals surface area contributed by atoms with Gasteiger partial charge in [0.25, 0.3) is 0 Å². The quantitative estimate of drug-likeness (QED) is 0.730. The fraction of sp³-hybridized carbons (Fsp3) is 0.0769. The molecule has 2 aromatic heterocycles. The van der Waals surface area contributed by atoms with E-state index in [2.05, 4.69) is 10.1 Å². The summed E-state index contributed by atoms with van der Waals surface area (Å²) in [6.07, 6.45) is 5.33. The summed E-state index contributed by atoms with van der Waals surface area (Å²) in [7, 11) is 1.81. The molecule has 0 aliphatic heterocycles. The third kappa shape index (κ3) is 1.98. The first-order valence-corrected chi connectivity index (χ1v) is 6.11. The van der Waals surface area contributed by atoms with Crippen molar-refractivity contribution in [2.24, 2.45) is 7.05 Å². The smallest absolute Gasteiger partial charge is 0.159 e. The average molecular weight is 274 g/mol. The highest BCUT2D eigenvalue weighted by Gasteiger charge is 2.13. The normalized spacial score (nSPS) is 10.8. The molecule has 19 heavy (non-hydrogen) atoms. The van der Waals surface area contributed by atoms with Crippen LogP contribution in [0.2, 0.25) is 5.02 Å². The molecule has 0 spiro atoms. The fourth-order valence-corrected chi connectivity index (χ4v) is 2.25. The summed E-state index contributed by atoms with van der Waals surface area (Å²) in [5.74, 6) is 0.691. The van der Waals surface area contributed by atoms with Crippen LogP contribution in [0, 0.1) is 0 Å². The van der Waals surface area contributed by atoms with Crippen LogP contribution in [-0.2, 0) is 7.05 Å². The van der Waals surface area contributed by atoms with E-state index in [1.165, 1.54) is 6.33 Å². The maximum atomic E-state index is 6.33. The molecule has 0 amide bonds. The molecule has 0 aliphatic carbocycles. The van der Waals surface area contributed by atoms with Gasteiger partial charge >= 0.3 is 0 Å². The average Bonchev–Trinajstić information content (AvgIpc) is 3.03. The van der Waals surface area contributed by atoms with Gasteiger partial charge < -0.3 is 10.3 Å². The molecule has 3 aromatic rings. The highest BCUT2D eigenvalue weighted by Crippen LogP contribution is 2.32. The van der Waals surface area contributed by atoms with Crippen molar-refractivity contribution in [2.45, 2.75) is 0 Å². The Morgan fingerprint density at radius 3 is 2.58 bits per heavy atom. The predicted molar refractivity (Wildman–Crippen MR) is 75.2 cm³/mol. The molecule has 6 heteroatoms. The van der Waals surface area contributed by atoms with Crippen LogP contribution in [0.3, 0.4) is 0 Å². The third-order valence-electron chi connectivity index (χ3n) is 2.95. The molecule has 0 atom stereocenters. The number of hydrogen-bond acceptors (Lipinski definition) is 3. The minimum absolute atomic E-state index is 0.592. The molecule has 2 heterocycles. The monoisotopic (exact) mass is 273 g/mol. The molecule has 0 saturated carbocycles. The molecule has 0 saturated heterocycles. The van der Waals surface area contributed by atoms with E-state index >= 15 is 0 Å². The number of benzene rings is 1. The van der Waals surface area contributed by atoms with Gasteiger partial charge in [0, 0.05) is 25.0 Å². The van der Waals surface area contributed by atoms with Gasteiger partial charge in [-0.15, -0.1) is 0 Å². The van der Waals surface area contributed by atoms with Gasteiger partial charge in [-0.25, -0.2) is 9.67 Å². The van der Waals surface area contributed by atoms with Gasteiger partial charge in [0.1, 0.15) is 6.33 Å². The third-order valence-corrected chi connectivity index (χ3v) is 3.26. The van der Waals surface area contributed by atoms with Gasteiger partial charge in [-0.3, -0.25) is 0 Å². The van der Waals surface area contributed by atoms with Crippen LogP contribution >= 0.6 is 11.6 Å². The Hall–Kier alpha value is -2.27. The van der Waals surface area contributed by atoms with Crippen molar-refractivity contribution in [2.75, 3.05) is 5.73 Å². The molecule has 1 aromatic carbocycles. The van der Waals surface area contributed by atoms with Crippen LogP contribution in [0.15, 0.2) is 43.0 Å². The van der Waals surface area contributed by atoms with Crippen molar-refractivity contribution in [1.29, 1.82) is 0 Å². The van der Waals surface area contributed by atoms with Gasteiger partial charge in [-0.05, 0) is 24.3 Å². The Bertz CT molecular complexity index is 715. The van der Waals surface area contributed by atoms with Gasteiger partial charge in [0.15, 0.2) is 5.82 Å². The lowest BCUT2D eigenvalue weighted by Crippen LogP contribution is -2.01. The van der Waals surface area contributed by atoms with Crippen molar-refractivity contribution in [3.63, 3.8) is 0 Å². The molecule has 2 N–H and O–H groups in total. The van der Waals surface area contributed by atoms with Gasteiger partial charge in [-0.1, -0.05) is 11.6 Å². The fourth-order valence-electron chi connectivity index (χ4n) is 2.01. The number of aromatic nitrogens is 4. The van der Waals surface area contributed by atoms with E-state index < -0.39 is 0 Å². The van der Waals surface area contributed by atoms with Crippen molar-refractivity contribution >= 4 is 17.3 Å². The molecule has 3 rings (SSSR count). The minimum atomic E-state index is 0.592. The Kier molecular flexibility index (Phi) is 2.76. The van der Waals surface area contributed by atoms with Crippen LogP contribution < -0.4 is 5.73 Å². The highest BCUT2D eigenvalue weighted by atomic mass is 35.5. The molecule has 0 aliphatic rings. The van der Waals surface area contributed by atoms with Crippen molar-refractivity contribution in [1.82, 2.24) is 19.3 Å². The van der Waals surface area contributed by atoms with Crippen molar-refractivity contribution < 1.29 is 0 Å². The molecular weight excluding hydrogens is 262 g/mol. The number of nitrogens with zero attached hydrogens (tertiary/aromatic N) is 4. The number of hydrogen-bond donors (Lipinski definition) is 1. The molecule has 0 unspecified atom stereocenters. The lowest BCUT2D eigenvalue weighted by molar-refractivity contribution is 0.774. The number of halogens is 1. The second-order valence-corrected chi connectivity index (χ2v) is 4.60. The zero-order valence-electron chi connectivity index (χ0n) is 10.3. The first kappa shape index (κ1) is 11.8. The number of nitrogen functional groups attached to an aromatic ring is 1. The second-order valence-electron chi connectivity index (χ2n) is 4.19. The topological polar surface area (TPSA) is 61.7 Å². The van der Waals surface area contributed by atoms with E-state index in [0.717, 1.165) is 11.3 Å². The maximum absolute atomic E-state index is 6.33. The highest BCUT2D eigenvalue weighted by molar-refractivity contribution is 6.33. The van der Waals surface area contributed by atoms with Crippen molar-refractivity contribution in [3.05, 3.63) is 48.0 Å². The SMILES string of the molecule is Cn1ncnc1-c1cc(N)c(-n2cccc2)cc1Cl. The Morgan fingerprint density at radius 2 is 1.95 bits per heavy atom. The van der Waals surface area contributed by atoms with E-state index in [9.17, 15) is 0 Å². The lowest BCUT2D eigenvalue weighted by atomic mass is 10.1. The molecule has 96 valence electrons. The Balaban J connectivity index is 2.16. The summed E-state index contributed by atoms with van der Waals surface area (Å²) in [6, 6.07) is 7.52. The first-order chi connectivity index (χ1) is 9.16. The number of nitrogens with two attached hydrogens (primary N) is 1. The van der Waals surface area contributed by atoms with E-state index in [1.54, 1.807) is 4.68 Å². The lowest BCUT2D eigenvalue weighted by Gasteiger charge is -2.11. The summed E-state index contributed by atoms with van der Waals surface area (Å²) < 4.78 is 3.58. The number of anilines is 1. The van der Waals surface area contributed by atoms with Gasteiger partial charge in [0.05, 0.1) is 16.4 Å². The van der Waals surface area contributed by atoms with Gasteiger partial charge in [-0.2, -0.15) is 5.10 Å². The van der Waals surface area contributed by atoms with Gasteiger partial charge in [0.2, 0.25) is 0 Å². The first-order valence-electron chi connectivity index (χ1n) is 5.73. The van der Waals surface area contributed by atoms with Crippen molar-refractivity contribution in [3.8, 4) is 17.1 Å². The van der Waals surface area contributed by atoms with Crippen LogP contribution in [0.25, 0.3) is 17.1 Å². The summed E-state index contributed by atoms with van der Waals surface area (Å²) in [6.45, 7) is 0. The molecule has 0 bridgehead atoms. The van der Waals surface area contributed by atoms with Crippen LogP contribution in [0.4, 0.5) is 5.69 Å². The summed E-state index contributed by atoms with van der Waals surface area (Å²) >= 11 is 6.33. The Morgan fingerprint density at radius 1 is 1.21 bits per heavy atom. The summed E-state index contributed by atoms with van der Waals surface area (Å²) in [4.78, 5) is 4.19. The predicted octanol–water partition coefficient (Wildman–Crippen LogP) is 2.51. The molecule has 5 nitrogen and oxygen atoms in total. The number of aryl methyl sites for hydroxylation is 1. The summed E-state index contributed by atoms with van der Waals surface area (Å²) in [5.41, 5.74) is 8.36. The molecule has 0 fully saturated rings. The van der Waals surface area contributed by atoms with Crippen LogP contribution in [-0.4, -0.2) is 19.3 Å².